The monoisotopic (exact) mass is 556 g/mol. The summed E-state index contributed by atoms with van der Waals surface area (Å²) in [5, 5.41) is 12.2. The molecule has 4 aromatic rings. The van der Waals surface area contributed by atoms with Gasteiger partial charge in [-0.1, -0.05) is 13.0 Å². The van der Waals surface area contributed by atoms with Crippen molar-refractivity contribution in [1.82, 2.24) is 9.55 Å². The number of fused-ring (bicyclic) bond motifs is 6. The van der Waals surface area contributed by atoms with Crippen LogP contribution in [0.25, 0.3) is 22.3 Å². The second-order valence-corrected chi connectivity index (χ2v) is 10.4. The maximum absolute atomic E-state index is 13.7. The van der Waals surface area contributed by atoms with E-state index < -0.39 is 11.6 Å². The van der Waals surface area contributed by atoms with Gasteiger partial charge in [0.1, 0.15) is 6.61 Å². The van der Waals surface area contributed by atoms with Gasteiger partial charge in [-0.2, -0.15) is 0 Å². The number of benzene rings is 2. The Bertz CT molecular complexity index is 1830. The lowest BCUT2D eigenvalue weighted by Crippen LogP contribution is -2.44. The van der Waals surface area contributed by atoms with Gasteiger partial charge in [0.2, 0.25) is 6.79 Å². The normalized spacial score (nSPS) is 18.1. The average molecular weight is 557 g/mol. The summed E-state index contributed by atoms with van der Waals surface area (Å²) in [7, 11) is 3.22. The number of pyridine rings is 2. The first-order chi connectivity index (χ1) is 19.9. The summed E-state index contributed by atoms with van der Waals surface area (Å²) < 4.78 is 29.1. The van der Waals surface area contributed by atoms with Crippen LogP contribution in [0.2, 0.25) is 0 Å². The van der Waals surface area contributed by atoms with Crippen LogP contribution in [0.4, 0.5) is 0 Å². The average Bonchev–Trinajstić information content (AvgIpc) is 3.60. The molecule has 3 aliphatic rings. The zero-order chi connectivity index (χ0) is 28.5. The molecule has 0 saturated carbocycles. The molecule has 7 rings (SSSR count). The van der Waals surface area contributed by atoms with Gasteiger partial charge in [-0.15, -0.1) is 0 Å². The zero-order valence-corrected chi connectivity index (χ0v) is 22.9. The number of hydrogen-bond acceptors (Lipinski definition) is 9. The van der Waals surface area contributed by atoms with E-state index in [9.17, 15) is 14.7 Å². The van der Waals surface area contributed by atoms with Gasteiger partial charge < -0.3 is 33.4 Å². The minimum absolute atomic E-state index is 0.0831. The Morgan fingerprint density at radius 1 is 0.976 bits per heavy atom. The van der Waals surface area contributed by atoms with E-state index in [1.807, 2.05) is 30.3 Å². The van der Waals surface area contributed by atoms with Gasteiger partial charge in [0.25, 0.3) is 5.56 Å². The van der Waals surface area contributed by atoms with Crippen molar-refractivity contribution in [2.45, 2.75) is 44.9 Å². The van der Waals surface area contributed by atoms with Crippen LogP contribution in [0.3, 0.4) is 0 Å². The SMILES string of the molecule is CC[C@@]1(O)C(=O)OCc2c1cc1n(c2=O)Cc2c-1nc1cc3c(cc1c2CCc1ccc(OC)c(OC)c1)OCO3. The molecular weight excluding hydrogens is 528 g/mol. The number of rotatable bonds is 6. The predicted octanol–water partition coefficient (Wildman–Crippen LogP) is 3.61. The summed E-state index contributed by atoms with van der Waals surface area (Å²) in [5.41, 5.74) is 3.35. The molecule has 2 aromatic heterocycles. The standard InChI is InChI=1S/C31H28N2O8/c1-4-31(36)21-11-23-28-19(13-33(23)29(34)20(21)14-39-30(31)35)17(7-5-16-6-8-24(37-2)25(9-16)38-3)18-10-26-27(41-15-40-26)12-22(18)32-28/h6,8-12,36H,4-5,7,13-15H2,1-3H3/t31-/m0/s1. The molecule has 41 heavy (non-hydrogen) atoms. The van der Waals surface area contributed by atoms with E-state index >= 15 is 0 Å². The summed E-state index contributed by atoms with van der Waals surface area (Å²) in [6.07, 6.45) is 1.43. The third-order valence-corrected chi connectivity index (χ3v) is 8.41. The highest BCUT2D eigenvalue weighted by molar-refractivity contribution is 5.91. The number of methoxy groups -OCH3 is 2. The summed E-state index contributed by atoms with van der Waals surface area (Å²) in [6, 6.07) is 11.4. The number of ether oxygens (including phenoxy) is 5. The number of aliphatic hydroxyl groups is 1. The van der Waals surface area contributed by atoms with Crippen LogP contribution in [0.15, 0.2) is 41.2 Å². The van der Waals surface area contributed by atoms with Crippen molar-refractivity contribution in [3.63, 3.8) is 0 Å². The summed E-state index contributed by atoms with van der Waals surface area (Å²) in [6.45, 7) is 1.97. The fraction of sp³-hybridized carbons (Fsp3) is 0.323. The highest BCUT2D eigenvalue weighted by atomic mass is 16.7. The van der Waals surface area contributed by atoms with Gasteiger partial charge in [-0.05, 0) is 54.7 Å². The van der Waals surface area contributed by atoms with Crippen LogP contribution in [0, 0.1) is 0 Å². The summed E-state index contributed by atoms with van der Waals surface area (Å²) >= 11 is 0. The van der Waals surface area contributed by atoms with Gasteiger partial charge in [0.15, 0.2) is 28.6 Å². The van der Waals surface area contributed by atoms with E-state index in [0.717, 1.165) is 22.1 Å². The molecule has 0 fully saturated rings. The van der Waals surface area contributed by atoms with Gasteiger partial charge in [-0.25, -0.2) is 9.78 Å². The smallest absolute Gasteiger partial charge is 0.343 e. The van der Waals surface area contributed by atoms with Crippen molar-refractivity contribution in [2.75, 3.05) is 21.0 Å². The summed E-state index contributed by atoms with van der Waals surface area (Å²) in [4.78, 5) is 31.3. The molecule has 1 N–H and O–H groups in total. The minimum atomic E-state index is -1.88. The van der Waals surface area contributed by atoms with E-state index in [1.54, 1.807) is 31.8 Å². The Morgan fingerprint density at radius 3 is 2.51 bits per heavy atom. The zero-order valence-electron chi connectivity index (χ0n) is 22.9. The van der Waals surface area contributed by atoms with Gasteiger partial charge in [0.05, 0.1) is 43.2 Å². The van der Waals surface area contributed by atoms with Crippen molar-refractivity contribution in [2.24, 2.45) is 0 Å². The molecule has 2 aromatic carbocycles. The number of carbonyl (C=O) groups excluding carboxylic acids is 1. The van der Waals surface area contributed by atoms with Crippen LogP contribution >= 0.6 is 0 Å². The van der Waals surface area contributed by atoms with Crippen molar-refractivity contribution < 1.29 is 33.6 Å². The molecule has 0 aliphatic carbocycles. The molecule has 0 radical (unpaired) electrons. The number of cyclic esters (lactones) is 1. The number of aromatic nitrogens is 2. The van der Waals surface area contributed by atoms with Crippen molar-refractivity contribution in [1.29, 1.82) is 0 Å². The van der Waals surface area contributed by atoms with Crippen molar-refractivity contribution >= 4 is 16.9 Å². The fourth-order valence-electron chi connectivity index (χ4n) is 6.14. The lowest BCUT2D eigenvalue weighted by Gasteiger charge is -2.31. The highest BCUT2D eigenvalue weighted by Crippen LogP contribution is 2.43. The Labute approximate surface area is 235 Å². The Kier molecular flexibility index (Phi) is 5.72. The Balaban J connectivity index is 1.40. The second kappa shape index (κ2) is 9.24. The molecule has 5 heterocycles. The molecular formula is C31H28N2O8. The maximum Gasteiger partial charge on any atom is 0.343 e. The Morgan fingerprint density at radius 2 is 1.76 bits per heavy atom. The highest BCUT2D eigenvalue weighted by Gasteiger charge is 2.45. The molecule has 10 nitrogen and oxygen atoms in total. The molecule has 10 heteroatoms. The molecule has 210 valence electrons. The van der Waals surface area contributed by atoms with Gasteiger partial charge in [-0.3, -0.25) is 4.79 Å². The largest absolute Gasteiger partial charge is 0.493 e. The molecule has 0 saturated heterocycles. The fourth-order valence-corrected chi connectivity index (χ4v) is 6.14. The van der Waals surface area contributed by atoms with E-state index in [-0.39, 0.29) is 25.4 Å². The van der Waals surface area contributed by atoms with Gasteiger partial charge in [0, 0.05) is 22.6 Å². The van der Waals surface area contributed by atoms with E-state index in [4.69, 9.17) is 28.7 Å². The van der Waals surface area contributed by atoms with Crippen LogP contribution in [0.1, 0.15) is 41.2 Å². The molecule has 0 bridgehead atoms. The number of carbonyl (C=O) groups is 1. The maximum atomic E-state index is 13.7. The summed E-state index contributed by atoms with van der Waals surface area (Å²) in [5.74, 6) is 1.83. The first-order valence-electron chi connectivity index (χ1n) is 13.5. The number of hydrogen-bond donors (Lipinski definition) is 1. The molecule has 3 aliphatic heterocycles. The van der Waals surface area contributed by atoms with E-state index in [2.05, 4.69) is 0 Å². The second-order valence-electron chi connectivity index (χ2n) is 10.4. The van der Waals surface area contributed by atoms with Crippen LogP contribution < -0.4 is 24.5 Å². The van der Waals surface area contributed by atoms with E-state index in [1.165, 1.54) is 0 Å². The third-order valence-electron chi connectivity index (χ3n) is 8.41. The van der Waals surface area contributed by atoms with Crippen LogP contribution in [-0.2, 0) is 41.1 Å². The van der Waals surface area contributed by atoms with Crippen LogP contribution in [0.5, 0.6) is 23.0 Å². The lowest BCUT2D eigenvalue weighted by molar-refractivity contribution is -0.172. The predicted molar refractivity (Wildman–Crippen MR) is 148 cm³/mol. The van der Waals surface area contributed by atoms with Crippen molar-refractivity contribution in [3.05, 3.63) is 74.6 Å². The van der Waals surface area contributed by atoms with Crippen LogP contribution in [-0.4, -0.2) is 41.6 Å². The topological polar surface area (TPSA) is 118 Å². The van der Waals surface area contributed by atoms with Crippen molar-refractivity contribution in [3.8, 4) is 34.4 Å². The minimum Gasteiger partial charge on any atom is -0.493 e. The van der Waals surface area contributed by atoms with Gasteiger partial charge >= 0.3 is 5.97 Å². The first-order valence-corrected chi connectivity index (χ1v) is 13.5. The lowest BCUT2D eigenvalue weighted by atomic mass is 9.86. The molecule has 1 atom stereocenters. The Hall–Kier alpha value is -4.57. The first kappa shape index (κ1) is 25.4. The number of aryl methyl sites for hydroxylation is 2. The number of nitrogens with zero attached hydrogens (tertiary/aromatic N) is 2. The molecule has 0 spiro atoms. The van der Waals surface area contributed by atoms with E-state index in [0.29, 0.717) is 70.4 Å². The molecule has 0 unspecified atom stereocenters. The third kappa shape index (κ3) is 3.70. The quantitative estimate of drug-likeness (QED) is 0.313. The number of esters is 1. The molecule has 0 amide bonds.